The molecule has 2 nitrogen and oxygen atoms in total. The maximum Gasteiger partial charge on any atom is 0.00891 e. The molecule has 14 heavy (non-hydrogen) atoms. The van der Waals surface area contributed by atoms with Gasteiger partial charge in [0, 0.05) is 5.71 Å². The van der Waals surface area contributed by atoms with Gasteiger partial charge in [0.1, 0.15) is 0 Å². The molecular formula is C12H24N2. The minimum atomic E-state index is 0.964. The molecule has 0 aliphatic heterocycles. The van der Waals surface area contributed by atoms with E-state index in [1.54, 1.807) is 0 Å². The molecule has 1 rings (SSSR count). The highest BCUT2D eigenvalue weighted by molar-refractivity contribution is 5.81. The zero-order chi connectivity index (χ0) is 10.6. The normalized spacial score (nSPS) is 15.6. The minimum Gasteiger partial charge on any atom is -0.313 e. The smallest absolute Gasteiger partial charge is 0.00891 e. The maximum absolute atomic E-state index is 7.19. The van der Waals surface area contributed by atoms with Crippen LogP contribution in [0.2, 0.25) is 0 Å². The molecule has 0 radical (unpaired) electrons. The molecule has 2 N–H and O–H groups in total. The van der Waals surface area contributed by atoms with Crippen LogP contribution in [-0.2, 0) is 0 Å². The zero-order valence-electron chi connectivity index (χ0n) is 9.44. The molecule has 0 atom stereocenters. The van der Waals surface area contributed by atoms with E-state index < -0.39 is 0 Å². The number of nitrogens with one attached hydrogen (secondary N) is 2. The van der Waals surface area contributed by atoms with Crippen LogP contribution in [0.25, 0.3) is 0 Å². The first-order valence-electron chi connectivity index (χ1n) is 5.86. The summed E-state index contributed by atoms with van der Waals surface area (Å²) in [5.74, 6) is 0. The summed E-state index contributed by atoms with van der Waals surface area (Å²) in [6.45, 7) is 2.17. The standard InChI is InChI=1S/C6H11N.C6H13N/c7-6-4-2-1-3-5-6;1-2-3-4-5-6-7/h7H,1-5H2;6-7H,2-5H2,1H3. The third-order valence-electron chi connectivity index (χ3n) is 2.41. The van der Waals surface area contributed by atoms with E-state index in [2.05, 4.69) is 6.92 Å². The molecule has 1 fully saturated rings. The molecule has 0 bridgehead atoms. The molecule has 1 aliphatic carbocycles. The summed E-state index contributed by atoms with van der Waals surface area (Å²) in [5, 5.41) is 13.8. The van der Waals surface area contributed by atoms with Crippen molar-refractivity contribution in [1.82, 2.24) is 0 Å². The highest BCUT2D eigenvalue weighted by Crippen LogP contribution is 2.12. The molecule has 0 saturated heterocycles. The maximum atomic E-state index is 7.19. The summed E-state index contributed by atoms with van der Waals surface area (Å²) in [5.41, 5.74) is 0.964. The Kier molecular flexibility index (Phi) is 9.93. The number of hydrogen-bond acceptors (Lipinski definition) is 2. The first-order chi connectivity index (χ1) is 6.81. The number of unbranched alkanes of at least 4 members (excludes halogenated alkanes) is 3. The molecule has 0 aromatic carbocycles. The Morgan fingerprint density at radius 1 is 1.14 bits per heavy atom. The topological polar surface area (TPSA) is 47.7 Å². The molecule has 0 spiro atoms. The Balaban J connectivity index is 0.000000241. The van der Waals surface area contributed by atoms with Crippen molar-refractivity contribution in [3.63, 3.8) is 0 Å². The summed E-state index contributed by atoms with van der Waals surface area (Å²) in [6, 6.07) is 0. The van der Waals surface area contributed by atoms with Gasteiger partial charge < -0.3 is 10.8 Å². The van der Waals surface area contributed by atoms with Crippen LogP contribution in [0, 0.1) is 10.8 Å². The molecule has 82 valence electrons. The van der Waals surface area contributed by atoms with Crippen LogP contribution in [0.15, 0.2) is 0 Å². The molecule has 0 heterocycles. The van der Waals surface area contributed by atoms with Crippen molar-refractivity contribution >= 4 is 11.9 Å². The zero-order valence-corrected chi connectivity index (χ0v) is 9.44. The van der Waals surface area contributed by atoms with Crippen LogP contribution in [0.3, 0.4) is 0 Å². The second kappa shape index (κ2) is 10.4. The highest BCUT2D eigenvalue weighted by Gasteiger charge is 2.02. The quantitative estimate of drug-likeness (QED) is 0.500. The van der Waals surface area contributed by atoms with Crippen LogP contribution in [-0.4, -0.2) is 11.9 Å². The lowest BCUT2D eigenvalue weighted by Crippen LogP contribution is -2.01. The third-order valence-corrected chi connectivity index (χ3v) is 2.41. The Morgan fingerprint density at radius 2 is 1.79 bits per heavy atom. The van der Waals surface area contributed by atoms with Gasteiger partial charge in [-0.2, -0.15) is 0 Å². The van der Waals surface area contributed by atoms with E-state index >= 15 is 0 Å². The van der Waals surface area contributed by atoms with Gasteiger partial charge in [0.05, 0.1) is 0 Å². The second-order valence-electron chi connectivity index (χ2n) is 3.86. The predicted octanol–water partition coefficient (Wildman–Crippen LogP) is 4.19. The first-order valence-corrected chi connectivity index (χ1v) is 5.86. The minimum absolute atomic E-state index is 0.964. The van der Waals surface area contributed by atoms with Gasteiger partial charge >= 0.3 is 0 Å². The molecule has 0 aromatic heterocycles. The van der Waals surface area contributed by atoms with Crippen molar-refractivity contribution in [3.05, 3.63) is 0 Å². The molecule has 0 amide bonds. The van der Waals surface area contributed by atoms with Crippen molar-refractivity contribution in [2.24, 2.45) is 0 Å². The summed E-state index contributed by atoms with van der Waals surface area (Å²) >= 11 is 0. The van der Waals surface area contributed by atoms with E-state index in [9.17, 15) is 0 Å². The Labute approximate surface area is 88.1 Å². The summed E-state index contributed by atoms with van der Waals surface area (Å²) in [4.78, 5) is 0. The van der Waals surface area contributed by atoms with Crippen LogP contribution in [0.4, 0.5) is 0 Å². The van der Waals surface area contributed by atoms with E-state index in [0.717, 1.165) is 25.0 Å². The third kappa shape index (κ3) is 9.43. The Hall–Kier alpha value is -0.660. The van der Waals surface area contributed by atoms with Crippen molar-refractivity contribution < 1.29 is 0 Å². The molecular weight excluding hydrogens is 172 g/mol. The lowest BCUT2D eigenvalue weighted by Gasteiger charge is -2.08. The molecule has 0 unspecified atom stereocenters. The predicted molar refractivity (Wildman–Crippen MR) is 63.7 cm³/mol. The van der Waals surface area contributed by atoms with E-state index in [4.69, 9.17) is 10.8 Å². The summed E-state index contributed by atoms with van der Waals surface area (Å²) in [7, 11) is 0. The fourth-order valence-electron chi connectivity index (χ4n) is 1.47. The summed E-state index contributed by atoms with van der Waals surface area (Å²) < 4.78 is 0. The fourth-order valence-corrected chi connectivity index (χ4v) is 1.47. The van der Waals surface area contributed by atoms with Crippen LogP contribution >= 0.6 is 0 Å². The molecule has 2 heteroatoms. The molecule has 0 aromatic rings. The van der Waals surface area contributed by atoms with Crippen LogP contribution < -0.4 is 0 Å². The monoisotopic (exact) mass is 196 g/mol. The van der Waals surface area contributed by atoms with Gasteiger partial charge in [-0.25, -0.2) is 0 Å². The van der Waals surface area contributed by atoms with E-state index in [1.165, 1.54) is 44.7 Å². The van der Waals surface area contributed by atoms with Crippen LogP contribution in [0.5, 0.6) is 0 Å². The van der Waals surface area contributed by atoms with Crippen molar-refractivity contribution in [2.75, 3.05) is 0 Å². The van der Waals surface area contributed by atoms with Crippen molar-refractivity contribution in [3.8, 4) is 0 Å². The van der Waals surface area contributed by atoms with Gasteiger partial charge in [-0.15, -0.1) is 0 Å². The van der Waals surface area contributed by atoms with Gasteiger partial charge in [-0.1, -0.05) is 26.2 Å². The van der Waals surface area contributed by atoms with Crippen molar-refractivity contribution in [1.29, 1.82) is 10.8 Å². The molecule has 1 aliphatic rings. The van der Waals surface area contributed by atoms with Crippen LogP contribution in [0.1, 0.15) is 64.7 Å². The van der Waals surface area contributed by atoms with E-state index in [1.807, 2.05) is 0 Å². The van der Waals surface area contributed by atoms with Gasteiger partial charge in [0.2, 0.25) is 0 Å². The van der Waals surface area contributed by atoms with E-state index in [0.29, 0.717) is 0 Å². The van der Waals surface area contributed by atoms with Gasteiger partial charge in [0.25, 0.3) is 0 Å². The number of rotatable bonds is 4. The highest BCUT2D eigenvalue weighted by atomic mass is 14.4. The lowest BCUT2D eigenvalue weighted by atomic mass is 9.99. The molecule has 1 saturated carbocycles. The van der Waals surface area contributed by atoms with Crippen molar-refractivity contribution in [2.45, 2.75) is 64.7 Å². The van der Waals surface area contributed by atoms with Gasteiger partial charge in [0.15, 0.2) is 0 Å². The fraction of sp³-hybridized carbons (Fsp3) is 0.833. The first kappa shape index (κ1) is 13.3. The average Bonchev–Trinajstić information content (AvgIpc) is 2.21. The second-order valence-corrected chi connectivity index (χ2v) is 3.86. The Morgan fingerprint density at radius 3 is 2.14 bits per heavy atom. The lowest BCUT2D eigenvalue weighted by molar-refractivity contribution is 0.663. The largest absolute Gasteiger partial charge is 0.313 e. The van der Waals surface area contributed by atoms with E-state index in [-0.39, 0.29) is 0 Å². The summed E-state index contributed by atoms with van der Waals surface area (Å²) in [6.07, 6.45) is 12.2. The van der Waals surface area contributed by atoms with Gasteiger partial charge in [-0.05, 0) is 44.7 Å². The number of hydrogen-bond donors (Lipinski definition) is 2. The van der Waals surface area contributed by atoms with Gasteiger partial charge in [-0.3, -0.25) is 0 Å². The Bertz CT molecular complexity index is 144. The SMILES string of the molecule is CCCCCC=N.N=C1CCCCC1. The average molecular weight is 196 g/mol.